The maximum absolute atomic E-state index is 11.6. The highest BCUT2D eigenvalue weighted by molar-refractivity contribution is 5.77. The first-order valence-electron chi connectivity index (χ1n) is 6.11. The van der Waals surface area contributed by atoms with Crippen LogP contribution in [0.3, 0.4) is 0 Å². The van der Waals surface area contributed by atoms with Gasteiger partial charge in [0.25, 0.3) is 5.69 Å². The Bertz CT molecular complexity index is 669. The molecule has 2 aromatic rings. The van der Waals surface area contributed by atoms with Crippen LogP contribution in [0, 0.1) is 10.1 Å². The zero-order valence-corrected chi connectivity index (χ0v) is 11.5. The Morgan fingerprint density at radius 3 is 2.95 bits per heavy atom. The molecule has 0 atom stereocenters. The smallest absolute Gasteiger partial charge is 0.430 e. The summed E-state index contributed by atoms with van der Waals surface area (Å²) in [6.07, 6.45) is 0.906. The summed E-state index contributed by atoms with van der Waals surface area (Å²) in [6, 6.07) is 6.00. The maximum Gasteiger partial charge on any atom is 0.430 e. The van der Waals surface area contributed by atoms with Crippen molar-refractivity contribution < 1.29 is 14.5 Å². The van der Waals surface area contributed by atoms with Gasteiger partial charge in [-0.2, -0.15) is 4.79 Å². The van der Waals surface area contributed by atoms with Crippen molar-refractivity contribution >= 4 is 11.8 Å². The van der Waals surface area contributed by atoms with Crippen LogP contribution < -0.4 is 5.01 Å². The van der Waals surface area contributed by atoms with Crippen LogP contribution in [-0.4, -0.2) is 39.8 Å². The molecule has 0 bridgehead atoms. The number of aromatic nitrogens is 3. The first kappa shape index (κ1) is 14.4. The molecule has 0 spiro atoms. The van der Waals surface area contributed by atoms with Gasteiger partial charge in [0.2, 0.25) is 0 Å². The molecule has 0 N–H and O–H groups in total. The lowest BCUT2D eigenvalue weighted by molar-refractivity contribution is -0.384. The van der Waals surface area contributed by atoms with E-state index in [0.29, 0.717) is 11.3 Å². The van der Waals surface area contributed by atoms with E-state index in [4.69, 9.17) is 4.74 Å². The van der Waals surface area contributed by atoms with Crippen LogP contribution in [0.5, 0.6) is 0 Å². The van der Waals surface area contributed by atoms with Gasteiger partial charge in [-0.3, -0.25) is 10.1 Å². The highest BCUT2D eigenvalue weighted by atomic mass is 16.6. The minimum absolute atomic E-state index is 0.0409. The second-order valence-corrected chi connectivity index (χ2v) is 4.05. The standard InChI is InChI=1S/C12H13N5O4/c1-3-21-12(18)15(2)16-8-11(13-14-16)9-5-4-6-10(7-9)17(19)20/h4-8H,3H2,1-2H3. The number of rotatable bonds is 4. The molecule has 0 radical (unpaired) electrons. The molecule has 1 aromatic heterocycles. The average molecular weight is 291 g/mol. The lowest BCUT2D eigenvalue weighted by Crippen LogP contribution is -2.37. The zero-order valence-electron chi connectivity index (χ0n) is 11.5. The van der Waals surface area contributed by atoms with Gasteiger partial charge in [0.05, 0.1) is 17.7 Å². The number of nitro groups is 1. The van der Waals surface area contributed by atoms with E-state index in [1.54, 1.807) is 19.1 Å². The Morgan fingerprint density at radius 2 is 2.29 bits per heavy atom. The molecule has 21 heavy (non-hydrogen) atoms. The fourth-order valence-electron chi connectivity index (χ4n) is 1.61. The summed E-state index contributed by atoms with van der Waals surface area (Å²) >= 11 is 0. The van der Waals surface area contributed by atoms with Gasteiger partial charge in [-0.15, -0.1) is 5.10 Å². The van der Waals surface area contributed by atoms with E-state index >= 15 is 0 Å². The lowest BCUT2D eigenvalue weighted by atomic mass is 10.1. The van der Waals surface area contributed by atoms with Crippen molar-refractivity contribution in [1.82, 2.24) is 15.1 Å². The molecule has 0 aliphatic rings. The van der Waals surface area contributed by atoms with Crippen molar-refractivity contribution in [2.24, 2.45) is 0 Å². The number of benzene rings is 1. The predicted molar refractivity (Wildman–Crippen MR) is 73.3 cm³/mol. The van der Waals surface area contributed by atoms with Crippen LogP contribution in [0.4, 0.5) is 10.5 Å². The number of nitro benzene ring substituents is 1. The van der Waals surface area contributed by atoms with Gasteiger partial charge in [-0.1, -0.05) is 12.1 Å². The van der Waals surface area contributed by atoms with Crippen molar-refractivity contribution in [1.29, 1.82) is 0 Å². The second kappa shape index (κ2) is 5.99. The third-order valence-corrected chi connectivity index (χ3v) is 2.67. The third kappa shape index (κ3) is 3.14. The molecule has 0 unspecified atom stereocenters. The number of ether oxygens (including phenoxy) is 1. The van der Waals surface area contributed by atoms with Gasteiger partial charge >= 0.3 is 6.09 Å². The minimum Gasteiger partial charge on any atom is -0.448 e. The van der Waals surface area contributed by atoms with Crippen molar-refractivity contribution in [3.05, 3.63) is 40.6 Å². The highest BCUT2D eigenvalue weighted by Crippen LogP contribution is 2.21. The monoisotopic (exact) mass is 291 g/mol. The number of hydrogen-bond donors (Lipinski definition) is 0. The molecule has 1 amide bonds. The molecule has 0 saturated carbocycles. The second-order valence-electron chi connectivity index (χ2n) is 4.05. The first-order valence-corrected chi connectivity index (χ1v) is 6.11. The van der Waals surface area contributed by atoms with Crippen LogP contribution in [-0.2, 0) is 4.74 Å². The van der Waals surface area contributed by atoms with E-state index in [1.807, 2.05) is 0 Å². The summed E-state index contributed by atoms with van der Waals surface area (Å²) in [5.74, 6) is 0. The molecule has 1 aromatic carbocycles. The van der Waals surface area contributed by atoms with E-state index in [1.165, 1.54) is 30.2 Å². The number of hydrogen-bond acceptors (Lipinski definition) is 6. The van der Waals surface area contributed by atoms with Gasteiger partial charge in [-0.25, -0.2) is 9.80 Å². The molecule has 9 heteroatoms. The van der Waals surface area contributed by atoms with E-state index in [-0.39, 0.29) is 12.3 Å². The lowest BCUT2D eigenvalue weighted by Gasteiger charge is -2.14. The predicted octanol–water partition coefficient (Wildman–Crippen LogP) is 1.58. The molecular formula is C12H13N5O4. The van der Waals surface area contributed by atoms with Crippen LogP contribution in [0.15, 0.2) is 30.5 Å². The first-order chi connectivity index (χ1) is 10.0. The fraction of sp³-hybridized carbons (Fsp3) is 0.250. The van der Waals surface area contributed by atoms with Crippen LogP contribution in [0.25, 0.3) is 11.3 Å². The van der Waals surface area contributed by atoms with E-state index < -0.39 is 11.0 Å². The Balaban J connectivity index is 2.25. The zero-order chi connectivity index (χ0) is 15.4. The summed E-state index contributed by atoms with van der Waals surface area (Å²) < 4.78 is 4.83. The molecule has 0 saturated heterocycles. The van der Waals surface area contributed by atoms with Gasteiger partial charge in [0.15, 0.2) is 0 Å². The molecule has 0 aliphatic heterocycles. The van der Waals surface area contributed by atoms with Gasteiger partial charge in [0.1, 0.15) is 5.69 Å². The summed E-state index contributed by atoms with van der Waals surface area (Å²) in [4.78, 5) is 23.0. The van der Waals surface area contributed by atoms with Crippen molar-refractivity contribution in [3.63, 3.8) is 0 Å². The molecule has 0 fully saturated rings. The normalized spacial score (nSPS) is 10.2. The number of non-ortho nitro benzene ring substituents is 1. The summed E-state index contributed by atoms with van der Waals surface area (Å²) in [5, 5.41) is 19.6. The van der Waals surface area contributed by atoms with Gasteiger partial charge < -0.3 is 4.74 Å². The molecule has 1 heterocycles. The Hall–Kier alpha value is -2.97. The van der Waals surface area contributed by atoms with Gasteiger partial charge in [0, 0.05) is 24.7 Å². The Labute approximate surface area is 119 Å². The number of nitrogens with zero attached hydrogens (tertiary/aromatic N) is 5. The SMILES string of the molecule is CCOC(=O)N(C)n1cc(-c2cccc([N+](=O)[O-])c2)nn1. The largest absolute Gasteiger partial charge is 0.448 e. The molecular weight excluding hydrogens is 278 g/mol. The third-order valence-electron chi connectivity index (χ3n) is 2.67. The number of amides is 1. The molecule has 110 valence electrons. The Kier molecular flexibility index (Phi) is 4.12. The average Bonchev–Trinajstić information content (AvgIpc) is 2.96. The van der Waals surface area contributed by atoms with Crippen LogP contribution in [0.1, 0.15) is 6.92 Å². The molecule has 9 nitrogen and oxygen atoms in total. The summed E-state index contributed by atoms with van der Waals surface area (Å²) in [7, 11) is 1.48. The van der Waals surface area contributed by atoms with E-state index in [9.17, 15) is 14.9 Å². The van der Waals surface area contributed by atoms with Crippen molar-refractivity contribution in [2.45, 2.75) is 6.92 Å². The van der Waals surface area contributed by atoms with E-state index in [2.05, 4.69) is 10.3 Å². The van der Waals surface area contributed by atoms with Crippen LogP contribution >= 0.6 is 0 Å². The molecule has 2 rings (SSSR count). The minimum atomic E-state index is -0.576. The summed E-state index contributed by atoms with van der Waals surface area (Å²) in [6.45, 7) is 1.94. The highest BCUT2D eigenvalue weighted by Gasteiger charge is 2.15. The fourth-order valence-corrected chi connectivity index (χ4v) is 1.61. The van der Waals surface area contributed by atoms with Crippen LogP contribution in [0.2, 0.25) is 0 Å². The maximum atomic E-state index is 11.6. The Morgan fingerprint density at radius 1 is 1.52 bits per heavy atom. The summed E-state index contributed by atoms with van der Waals surface area (Å²) in [5.41, 5.74) is 0.906. The topological polar surface area (TPSA) is 103 Å². The van der Waals surface area contributed by atoms with Crippen molar-refractivity contribution in [3.8, 4) is 11.3 Å². The van der Waals surface area contributed by atoms with E-state index in [0.717, 1.165) is 5.01 Å². The number of carbonyl (C=O) groups is 1. The van der Waals surface area contributed by atoms with Gasteiger partial charge in [-0.05, 0) is 12.1 Å². The molecule has 0 aliphatic carbocycles. The number of carbonyl (C=O) groups excluding carboxylic acids is 1. The quantitative estimate of drug-likeness (QED) is 0.625. The van der Waals surface area contributed by atoms with Crippen molar-refractivity contribution in [2.75, 3.05) is 18.7 Å².